The molecule has 11 heteroatoms. The van der Waals surface area contributed by atoms with E-state index in [4.69, 9.17) is 19.7 Å². The molecule has 0 bridgehead atoms. The maximum absolute atomic E-state index is 11.7. The van der Waals surface area contributed by atoms with Gasteiger partial charge in [0.25, 0.3) is 0 Å². The minimum Gasteiger partial charge on any atom is -0.480 e. The van der Waals surface area contributed by atoms with E-state index in [-0.39, 0.29) is 32.2 Å². The Hall–Kier alpha value is -2.11. The van der Waals surface area contributed by atoms with E-state index in [1.807, 2.05) is 0 Å². The number of aliphatic hydroxyl groups is 3. The van der Waals surface area contributed by atoms with Crippen LogP contribution in [0.3, 0.4) is 0 Å². The third-order valence-corrected chi connectivity index (χ3v) is 4.42. The van der Waals surface area contributed by atoms with Crippen molar-refractivity contribution in [2.45, 2.75) is 89.9 Å². The van der Waals surface area contributed by atoms with Crippen LogP contribution in [-0.4, -0.2) is 104 Å². The molecule has 180 valence electrons. The molecule has 2 amide bonds. The Bertz CT molecular complexity index is 642. The van der Waals surface area contributed by atoms with Crippen molar-refractivity contribution in [3.05, 3.63) is 0 Å². The Balaban J connectivity index is 0.000000311. The van der Waals surface area contributed by atoms with E-state index in [2.05, 4.69) is 0 Å². The number of carbonyl (C=O) groups is 3. The molecule has 31 heavy (non-hydrogen) atoms. The highest BCUT2D eigenvalue weighted by atomic mass is 16.6. The molecule has 0 aromatic carbocycles. The van der Waals surface area contributed by atoms with Crippen LogP contribution in [0.25, 0.3) is 0 Å². The monoisotopic (exact) mass is 448 g/mol. The number of carboxylic acid groups (broad SMARTS) is 1. The largest absolute Gasteiger partial charge is 0.480 e. The van der Waals surface area contributed by atoms with Crippen molar-refractivity contribution < 1.29 is 44.3 Å². The summed E-state index contributed by atoms with van der Waals surface area (Å²) in [7, 11) is 0. The second kappa shape index (κ2) is 10.5. The van der Waals surface area contributed by atoms with Crippen molar-refractivity contribution in [3.8, 4) is 0 Å². The summed E-state index contributed by atoms with van der Waals surface area (Å²) in [5.74, 6) is -1.12. The molecule has 2 saturated heterocycles. The van der Waals surface area contributed by atoms with Gasteiger partial charge in [-0.15, -0.1) is 0 Å². The fourth-order valence-corrected chi connectivity index (χ4v) is 3.18. The van der Waals surface area contributed by atoms with Gasteiger partial charge < -0.3 is 34.8 Å². The predicted molar refractivity (Wildman–Crippen MR) is 109 cm³/mol. The topological polar surface area (TPSA) is 157 Å². The molecule has 2 rings (SSSR count). The molecule has 4 atom stereocenters. The molecular formula is C20H36N2O9. The van der Waals surface area contributed by atoms with E-state index < -0.39 is 47.6 Å². The van der Waals surface area contributed by atoms with Crippen LogP contribution in [0, 0.1) is 0 Å². The molecular weight excluding hydrogens is 412 g/mol. The van der Waals surface area contributed by atoms with Gasteiger partial charge in [0, 0.05) is 6.42 Å². The average molecular weight is 449 g/mol. The summed E-state index contributed by atoms with van der Waals surface area (Å²) < 4.78 is 10.2. The second-order valence-corrected chi connectivity index (χ2v) is 9.73. The lowest BCUT2D eigenvalue weighted by molar-refractivity contribution is -0.142. The highest BCUT2D eigenvalue weighted by Gasteiger charge is 2.41. The van der Waals surface area contributed by atoms with Gasteiger partial charge in [-0.25, -0.2) is 14.4 Å². The van der Waals surface area contributed by atoms with Gasteiger partial charge in [0.05, 0.1) is 37.9 Å². The van der Waals surface area contributed by atoms with E-state index in [0.29, 0.717) is 6.42 Å². The molecule has 11 nitrogen and oxygen atoms in total. The molecule has 0 aliphatic carbocycles. The summed E-state index contributed by atoms with van der Waals surface area (Å²) in [6, 6.07) is -1.32. The van der Waals surface area contributed by atoms with Crippen LogP contribution < -0.4 is 0 Å². The van der Waals surface area contributed by atoms with E-state index in [9.17, 15) is 24.6 Å². The van der Waals surface area contributed by atoms with Crippen LogP contribution in [0.1, 0.15) is 54.4 Å². The smallest absolute Gasteiger partial charge is 0.411 e. The van der Waals surface area contributed by atoms with Gasteiger partial charge in [0.1, 0.15) is 17.2 Å². The molecule has 0 radical (unpaired) electrons. The van der Waals surface area contributed by atoms with Crippen molar-refractivity contribution in [2.75, 3.05) is 19.7 Å². The molecule has 0 saturated carbocycles. The van der Waals surface area contributed by atoms with Gasteiger partial charge in [-0.05, 0) is 48.0 Å². The first kappa shape index (κ1) is 26.9. The van der Waals surface area contributed by atoms with E-state index in [0.717, 1.165) is 4.90 Å². The summed E-state index contributed by atoms with van der Waals surface area (Å²) in [6.45, 7) is 10.6. The first-order valence-electron chi connectivity index (χ1n) is 10.2. The molecule has 2 heterocycles. The number of hydrogen-bond acceptors (Lipinski definition) is 8. The molecule has 2 aliphatic rings. The summed E-state index contributed by atoms with van der Waals surface area (Å²) in [6.07, 6.45) is -2.07. The number of nitrogens with zero attached hydrogens (tertiary/aromatic N) is 2. The van der Waals surface area contributed by atoms with Crippen LogP contribution >= 0.6 is 0 Å². The number of carboxylic acids is 1. The van der Waals surface area contributed by atoms with Crippen LogP contribution in [0.2, 0.25) is 0 Å². The minimum absolute atomic E-state index is 0.00583. The van der Waals surface area contributed by atoms with Gasteiger partial charge in [-0.2, -0.15) is 0 Å². The van der Waals surface area contributed by atoms with Gasteiger partial charge >= 0.3 is 18.2 Å². The normalized spacial score (nSPS) is 26.2. The lowest BCUT2D eigenvalue weighted by atomic mass is 10.2. The summed E-state index contributed by atoms with van der Waals surface area (Å²) in [5.41, 5.74) is -1.22. The molecule has 2 aliphatic heterocycles. The zero-order valence-corrected chi connectivity index (χ0v) is 19.1. The lowest BCUT2D eigenvalue weighted by Gasteiger charge is -2.27. The number of rotatable bonds is 2. The quantitative estimate of drug-likeness (QED) is 0.479. The van der Waals surface area contributed by atoms with E-state index >= 15 is 0 Å². The zero-order chi connectivity index (χ0) is 24.1. The van der Waals surface area contributed by atoms with Crippen molar-refractivity contribution in [1.82, 2.24) is 9.80 Å². The average Bonchev–Trinajstić information content (AvgIpc) is 3.15. The Morgan fingerprint density at radius 3 is 1.68 bits per heavy atom. The lowest BCUT2D eigenvalue weighted by Crippen LogP contribution is -2.43. The van der Waals surface area contributed by atoms with Gasteiger partial charge in [0.15, 0.2) is 0 Å². The molecule has 4 N–H and O–H groups in total. The third-order valence-electron chi connectivity index (χ3n) is 4.42. The van der Waals surface area contributed by atoms with Crippen molar-refractivity contribution in [2.24, 2.45) is 0 Å². The zero-order valence-electron chi connectivity index (χ0n) is 19.1. The second-order valence-electron chi connectivity index (χ2n) is 9.73. The number of hydrogen-bond donors (Lipinski definition) is 4. The predicted octanol–water partition coefficient (Wildman–Crippen LogP) is 0.790. The molecule has 0 aromatic heterocycles. The SMILES string of the molecule is CC(C)(C)OC(=O)N1C[C@H](O)C[C@H]1C(=O)O.CC(C)(C)OC(=O)N1C[C@H](O)C[C@H]1CO. The number of aliphatic carboxylic acids is 1. The van der Waals surface area contributed by atoms with Crippen LogP contribution in [-0.2, 0) is 14.3 Å². The summed E-state index contributed by atoms with van der Waals surface area (Å²) in [4.78, 5) is 36.6. The highest BCUT2D eigenvalue weighted by Crippen LogP contribution is 2.22. The van der Waals surface area contributed by atoms with Crippen molar-refractivity contribution in [1.29, 1.82) is 0 Å². The first-order chi connectivity index (χ1) is 14.0. The number of aliphatic hydroxyl groups excluding tert-OH is 3. The fraction of sp³-hybridized carbons (Fsp3) is 0.850. The van der Waals surface area contributed by atoms with Gasteiger partial charge in [-0.1, -0.05) is 0 Å². The number of ether oxygens (including phenoxy) is 2. The Morgan fingerprint density at radius 2 is 1.26 bits per heavy atom. The summed E-state index contributed by atoms with van der Waals surface area (Å²) in [5, 5.41) is 36.7. The molecule has 2 fully saturated rings. The Kier molecular flexibility index (Phi) is 9.09. The highest BCUT2D eigenvalue weighted by molar-refractivity contribution is 5.81. The molecule has 0 spiro atoms. The molecule has 0 aromatic rings. The number of likely N-dealkylation sites (tertiary alicyclic amines) is 2. The Labute approximate surface area is 182 Å². The van der Waals surface area contributed by atoms with Gasteiger partial charge in [0.2, 0.25) is 0 Å². The minimum atomic E-state index is -1.12. The molecule has 0 unspecified atom stereocenters. The standard InChI is InChI=1S/C10H17NO5.C10H19NO4/c1-10(2,3)16-9(15)11-5-6(12)4-7(11)8(13)14;1-10(2,3)15-9(14)11-5-8(13)4-7(11)6-12/h6-7,12H,4-5H2,1-3H3,(H,13,14);7-8,12-13H,4-6H2,1-3H3/t6-,7+;7-,8+/m10/s1. The third kappa shape index (κ3) is 8.88. The van der Waals surface area contributed by atoms with Crippen LogP contribution in [0.4, 0.5) is 9.59 Å². The van der Waals surface area contributed by atoms with Crippen molar-refractivity contribution in [3.63, 3.8) is 0 Å². The maximum atomic E-state index is 11.7. The first-order valence-corrected chi connectivity index (χ1v) is 10.2. The van der Waals surface area contributed by atoms with Crippen LogP contribution in [0.5, 0.6) is 0 Å². The van der Waals surface area contributed by atoms with Crippen molar-refractivity contribution >= 4 is 18.2 Å². The van der Waals surface area contributed by atoms with Gasteiger partial charge in [-0.3, -0.25) is 4.90 Å². The van der Waals surface area contributed by atoms with Crippen LogP contribution in [0.15, 0.2) is 0 Å². The number of carbonyl (C=O) groups excluding carboxylic acids is 2. The number of β-amino-alcohol motifs (C(OH)–C–C–N with tert-alkyl or cyclic N) is 2. The van der Waals surface area contributed by atoms with E-state index in [1.165, 1.54) is 4.90 Å². The van der Waals surface area contributed by atoms with E-state index in [1.54, 1.807) is 41.5 Å². The number of amides is 2. The summed E-state index contributed by atoms with van der Waals surface area (Å²) >= 11 is 0. The maximum Gasteiger partial charge on any atom is 0.411 e. The fourth-order valence-electron chi connectivity index (χ4n) is 3.18. The Morgan fingerprint density at radius 1 is 0.839 bits per heavy atom.